The monoisotopic (exact) mass is 452 g/mol. The van der Waals surface area contributed by atoms with Gasteiger partial charge in [0.2, 0.25) is 11.8 Å². The van der Waals surface area contributed by atoms with Gasteiger partial charge in [0.05, 0.1) is 16.3 Å². The van der Waals surface area contributed by atoms with Gasteiger partial charge in [-0.05, 0) is 42.8 Å². The van der Waals surface area contributed by atoms with Crippen LogP contribution in [-0.4, -0.2) is 31.7 Å². The summed E-state index contributed by atoms with van der Waals surface area (Å²) in [7, 11) is -3.72. The molecule has 1 aliphatic rings. The number of fused-ring (bicyclic) bond motifs is 1. The Bertz CT molecular complexity index is 1070. The van der Waals surface area contributed by atoms with Gasteiger partial charge in [0.1, 0.15) is 0 Å². The number of anilines is 2. The van der Waals surface area contributed by atoms with Gasteiger partial charge in [-0.2, -0.15) is 0 Å². The van der Waals surface area contributed by atoms with E-state index in [1.54, 1.807) is 31.2 Å². The van der Waals surface area contributed by atoms with E-state index in [-0.39, 0.29) is 16.6 Å². The van der Waals surface area contributed by atoms with Crippen LogP contribution in [-0.2, 0) is 19.4 Å². The number of aryl methyl sites for hydroxylation is 1. The lowest BCUT2D eigenvalue weighted by molar-refractivity contribution is -0.119. The summed E-state index contributed by atoms with van der Waals surface area (Å²) in [6.07, 6.45) is 0.377. The second kappa shape index (κ2) is 8.77. The summed E-state index contributed by atoms with van der Waals surface area (Å²) in [5.41, 5.74) is 1.89. The fraction of sp³-hybridized carbons (Fsp3) is 0.300. The maximum atomic E-state index is 12.8. The predicted octanol–water partition coefficient (Wildman–Crippen LogP) is 4.13. The largest absolute Gasteiger partial charge is 0.326 e. The van der Waals surface area contributed by atoms with Crippen molar-refractivity contribution in [2.45, 2.75) is 30.1 Å². The van der Waals surface area contributed by atoms with Gasteiger partial charge in [-0.1, -0.05) is 24.6 Å². The number of carbonyl (C=O) groups is 2. The highest BCUT2D eigenvalue weighted by Crippen LogP contribution is 2.33. The van der Waals surface area contributed by atoms with Gasteiger partial charge < -0.3 is 10.6 Å². The minimum atomic E-state index is -3.72. The summed E-state index contributed by atoms with van der Waals surface area (Å²) in [4.78, 5) is 25.1. The van der Waals surface area contributed by atoms with Gasteiger partial charge in [0, 0.05) is 33.7 Å². The van der Waals surface area contributed by atoms with Crippen LogP contribution in [0.15, 0.2) is 46.2 Å². The number of nitrogens with one attached hydrogen (secondary N) is 2. The Balaban J connectivity index is 1.73. The van der Waals surface area contributed by atoms with Crippen LogP contribution in [0.3, 0.4) is 0 Å². The predicted molar refractivity (Wildman–Crippen MR) is 116 cm³/mol. The fourth-order valence-electron chi connectivity index (χ4n) is 2.83. The Hall–Kier alpha value is -2.03. The molecule has 0 fully saturated rings. The topological polar surface area (TPSA) is 92.3 Å². The average Bonchev–Trinajstić information content (AvgIpc) is 2.84. The third kappa shape index (κ3) is 5.32. The Morgan fingerprint density at radius 1 is 1.28 bits per heavy atom. The molecule has 3 rings (SSSR count). The molecular weight excluding hydrogens is 432 g/mol. The van der Waals surface area contributed by atoms with Crippen molar-refractivity contribution in [1.29, 1.82) is 0 Å². The first-order chi connectivity index (χ1) is 13.7. The SMILES string of the molecule is Cc1ccc(NC(=O)[C@H](C)CS(=O)(=O)c2ccc3c(c2)NC(=O)CCS3)cc1Cl. The number of sulfone groups is 1. The molecule has 1 heterocycles. The first-order valence-corrected chi connectivity index (χ1v) is 12.0. The lowest BCUT2D eigenvalue weighted by Crippen LogP contribution is -2.27. The molecule has 0 spiro atoms. The van der Waals surface area contributed by atoms with Crippen molar-refractivity contribution in [3.05, 3.63) is 47.0 Å². The normalized spacial score (nSPS) is 15.1. The van der Waals surface area contributed by atoms with Gasteiger partial charge in [-0.15, -0.1) is 11.8 Å². The molecule has 0 aromatic heterocycles. The Labute approximate surface area is 179 Å². The summed E-state index contributed by atoms with van der Waals surface area (Å²) in [6.45, 7) is 3.41. The van der Waals surface area contributed by atoms with Crippen molar-refractivity contribution in [3.63, 3.8) is 0 Å². The Kier molecular flexibility index (Phi) is 6.55. The minimum absolute atomic E-state index is 0.0806. The average molecular weight is 453 g/mol. The zero-order valence-electron chi connectivity index (χ0n) is 16.0. The third-order valence-corrected chi connectivity index (χ3v) is 7.92. The zero-order valence-corrected chi connectivity index (χ0v) is 18.4. The third-order valence-electron chi connectivity index (χ3n) is 4.53. The smallest absolute Gasteiger partial charge is 0.228 e. The fourth-order valence-corrected chi connectivity index (χ4v) is 5.52. The molecule has 6 nitrogen and oxygen atoms in total. The first kappa shape index (κ1) is 21.7. The van der Waals surface area contributed by atoms with Crippen molar-refractivity contribution in [2.24, 2.45) is 5.92 Å². The van der Waals surface area contributed by atoms with Crippen LogP contribution in [0, 0.1) is 12.8 Å². The first-order valence-electron chi connectivity index (χ1n) is 9.02. The van der Waals surface area contributed by atoms with E-state index >= 15 is 0 Å². The van der Waals surface area contributed by atoms with Crippen molar-refractivity contribution < 1.29 is 18.0 Å². The molecule has 0 radical (unpaired) electrons. The molecule has 1 atom stereocenters. The number of thioether (sulfide) groups is 1. The molecule has 0 saturated heterocycles. The van der Waals surface area contributed by atoms with E-state index in [0.29, 0.717) is 28.6 Å². The zero-order chi connectivity index (χ0) is 21.2. The molecule has 2 amide bonds. The molecule has 154 valence electrons. The molecule has 0 saturated carbocycles. The van der Waals surface area contributed by atoms with Crippen LogP contribution in [0.4, 0.5) is 11.4 Å². The summed E-state index contributed by atoms with van der Waals surface area (Å²) in [6, 6.07) is 9.79. The van der Waals surface area contributed by atoms with Gasteiger partial charge in [0.15, 0.2) is 9.84 Å². The molecule has 2 aromatic rings. The van der Waals surface area contributed by atoms with E-state index in [4.69, 9.17) is 11.6 Å². The molecule has 0 aliphatic carbocycles. The summed E-state index contributed by atoms with van der Waals surface area (Å²) in [5.74, 6) is -1.03. The number of amides is 2. The molecule has 0 unspecified atom stereocenters. The second-order valence-electron chi connectivity index (χ2n) is 6.94. The summed E-state index contributed by atoms with van der Waals surface area (Å²) < 4.78 is 25.7. The number of halogens is 1. The molecule has 1 aliphatic heterocycles. The minimum Gasteiger partial charge on any atom is -0.326 e. The van der Waals surface area contributed by atoms with Crippen molar-refractivity contribution in [3.8, 4) is 0 Å². The van der Waals surface area contributed by atoms with E-state index in [1.165, 1.54) is 23.9 Å². The molecule has 2 aromatic carbocycles. The number of rotatable bonds is 5. The number of benzene rings is 2. The number of hydrogen-bond donors (Lipinski definition) is 2. The lowest BCUT2D eigenvalue weighted by Gasteiger charge is -2.14. The number of carbonyl (C=O) groups excluding carboxylic acids is 2. The van der Waals surface area contributed by atoms with Crippen LogP contribution < -0.4 is 10.6 Å². The van der Waals surface area contributed by atoms with Crippen LogP contribution in [0.5, 0.6) is 0 Å². The standard InChI is InChI=1S/C20H21ClN2O4S2/c1-12-3-4-14(9-16(12)21)22-20(25)13(2)11-29(26,27)15-5-6-18-17(10-15)23-19(24)7-8-28-18/h3-6,9-10,13H,7-8,11H2,1-2H3,(H,22,25)(H,23,24)/t13-/m1/s1. The van der Waals surface area contributed by atoms with Crippen LogP contribution in [0.25, 0.3) is 0 Å². The van der Waals surface area contributed by atoms with Gasteiger partial charge in [-0.25, -0.2) is 8.42 Å². The van der Waals surface area contributed by atoms with Gasteiger partial charge in [-0.3, -0.25) is 9.59 Å². The molecule has 29 heavy (non-hydrogen) atoms. The molecule has 9 heteroatoms. The van der Waals surface area contributed by atoms with Crippen LogP contribution in [0.2, 0.25) is 5.02 Å². The second-order valence-corrected chi connectivity index (χ2v) is 10.5. The maximum Gasteiger partial charge on any atom is 0.228 e. The summed E-state index contributed by atoms with van der Waals surface area (Å²) in [5, 5.41) is 5.96. The highest BCUT2D eigenvalue weighted by Gasteiger charge is 2.25. The van der Waals surface area contributed by atoms with Crippen LogP contribution in [0.1, 0.15) is 18.9 Å². The van der Waals surface area contributed by atoms with E-state index in [1.807, 2.05) is 6.92 Å². The van der Waals surface area contributed by atoms with E-state index in [9.17, 15) is 18.0 Å². The molecular formula is C20H21ClN2O4S2. The highest BCUT2D eigenvalue weighted by molar-refractivity contribution is 7.99. The van der Waals surface area contributed by atoms with Crippen molar-refractivity contribution in [2.75, 3.05) is 22.1 Å². The highest BCUT2D eigenvalue weighted by atomic mass is 35.5. The van der Waals surface area contributed by atoms with E-state index < -0.39 is 21.7 Å². The molecule has 0 bridgehead atoms. The van der Waals surface area contributed by atoms with Crippen molar-refractivity contribution in [1.82, 2.24) is 0 Å². The van der Waals surface area contributed by atoms with Gasteiger partial charge >= 0.3 is 0 Å². The van der Waals surface area contributed by atoms with Gasteiger partial charge in [0.25, 0.3) is 0 Å². The van der Waals surface area contributed by atoms with E-state index in [2.05, 4.69) is 10.6 Å². The lowest BCUT2D eigenvalue weighted by atomic mass is 10.2. The van der Waals surface area contributed by atoms with E-state index in [0.717, 1.165) is 10.5 Å². The van der Waals surface area contributed by atoms with Crippen LogP contribution >= 0.6 is 23.4 Å². The Morgan fingerprint density at radius 3 is 2.76 bits per heavy atom. The quantitative estimate of drug-likeness (QED) is 0.711. The summed E-state index contributed by atoms with van der Waals surface area (Å²) >= 11 is 7.57. The van der Waals surface area contributed by atoms with Crippen molar-refractivity contribution >= 4 is 56.4 Å². The maximum absolute atomic E-state index is 12.8. The number of hydrogen-bond acceptors (Lipinski definition) is 5. The molecule has 2 N–H and O–H groups in total. The Morgan fingerprint density at radius 2 is 2.03 bits per heavy atom.